The number of H-pyrrole nitrogens is 1. The largest absolute Gasteiger partial charge is 0.395 e. The Hall–Kier alpha value is -2.18. The SMILES string of the molecule is COCCN(CCO)C(=O)c1cc(=O)c2ccccc2[nH]1. The fourth-order valence-electron chi connectivity index (χ4n) is 2.12. The van der Waals surface area contributed by atoms with Crippen LogP contribution in [0.1, 0.15) is 10.5 Å². The van der Waals surface area contributed by atoms with Crippen LogP contribution in [0.3, 0.4) is 0 Å². The molecule has 6 nitrogen and oxygen atoms in total. The summed E-state index contributed by atoms with van der Waals surface area (Å²) in [7, 11) is 1.54. The molecule has 0 fully saturated rings. The summed E-state index contributed by atoms with van der Waals surface area (Å²) < 4.78 is 4.95. The third-order valence-electron chi connectivity index (χ3n) is 3.19. The second kappa shape index (κ2) is 7.01. The van der Waals surface area contributed by atoms with Crippen molar-refractivity contribution in [3.63, 3.8) is 0 Å². The molecule has 112 valence electrons. The molecule has 1 amide bonds. The molecule has 1 aromatic heterocycles. The fraction of sp³-hybridized carbons (Fsp3) is 0.333. The Morgan fingerprint density at radius 3 is 2.81 bits per heavy atom. The van der Waals surface area contributed by atoms with Crippen molar-refractivity contribution in [3.05, 3.63) is 46.2 Å². The summed E-state index contributed by atoms with van der Waals surface area (Å²) in [5, 5.41) is 9.59. The van der Waals surface area contributed by atoms with Crippen LogP contribution in [0.15, 0.2) is 35.1 Å². The number of carbonyl (C=O) groups is 1. The van der Waals surface area contributed by atoms with E-state index in [4.69, 9.17) is 9.84 Å². The van der Waals surface area contributed by atoms with Crippen molar-refractivity contribution >= 4 is 16.8 Å². The van der Waals surface area contributed by atoms with Crippen molar-refractivity contribution in [2.45, 2.75) is 0 Å². The van der Waals surface area contributed by atoms with Crippen molar-refractivity contribution in [3.8, 4) is 0 Å². The summed E-state index contributed by atoms with van der Waals surface area (Å²) in [6.07, 6.45) is 0. The molecular formula is C15H18N2O4. The Labute approximate surface area is 122 Å². The Morgan fingerprint density at radius 1 is 1.33 bits per heavy atom. The molecule has 0 radical (unpaired) electrons. The molecule has 2 aromatic rings. The average Bonchev–Trinajstić information content (AvgIpc) is 2.50. The number of para-hydroxylation sites is 1. The van der Waals surface area contributed by atoms with Crippen LogP contribution in [0.5, 0.6) is 0 Å². The average molecular weight is 290 g/mol. The van der Waals surface area contributed by atoms with Gasteiger partial charge in [0, 0.05) is 37.2 Å². The summed E-state index contributed by atoms with van der Waals surface area (Å²) in [4.78, 5) is 28.9. The van der Waals surface area contributed by atoms with Crippen LogP contribution in [0.25, 0.3) is 10.9 Å². The van der Waals surface area contributed by atoms with Gasteiger partial charge in [0.15, 0.2) is 5.43 Å². The lowest BCUT2D eigenvalue weighted by atomic mass is 10.2. The Morgan fingerprint density at radius 2 is 2.10 bits per heavy atom. The number of ether oxygens (including phenoxy) is 1. The third kappa shape index (κ3) is 3.48. The number of carbonyl (C=O) groups excluding carboxylic acids is 1. The van der Waals surface area contributed by atoms with Gasteiger partial charge in [-0.3, -0.25) is 9.59 Å². The molecule has 0 atom stereocenters. The minimum Gasteiger partial charge on any atom is -0.395 e. The number of aliphatic hydroxyl groups is 1. The number of nitrogens with zero attached hydrogens (tertiary/aromatic N) is 1. The van der Waals surface area contributed by atoms with E-state index in [9.17, 15) is 9.59 Å². The second-order valence-corrected chi connectivity index (χ2v) is 4.60. The lowest BCUT2D eigenvalue weighted by molar-refractivity contribution is 0.0651. The number of methoxy groups -OCH3 is 1. The smallest absolute Gasteiger partial charge is 0.270 e. The number of rotatable bonds is 6. The highest BCUT2D eigenvalue weighted by molar-refractivity contribution is 5.94. The topological polar surface area (TPSA) is 82.6 Å². The highest BCUT2D eigenvalue weighted by Crippen LogP contribution is 2.09. The molecule has 0 bridgehead atoms. The molecule has 0 aliphatic heterocycles. The number of nitrogens with one attached hydrogen (secondary N) is 1. The van der Waals surface area contributed by atoms with Gasteiger partial charge >= 0.3 is 0 Å². The molecule has 2 rings (SSSR count). The van der Waals surface area contributed by atoms with E-state index >= 15 is 0 Å². The van der Waals surface area contributed by atoms with Gasteiger partial charge in [0.25, 0.3) is 5.91 Å². The maximum absolute atomic E-state index is 12.4. The molecule has 0 aliphatic carbocycles. The summed E-state index contributed by atoms with van der Waals surface area (Å²) >= 11 is 0. The molecule has 6 heteroatoms. The Balaban J connectivity index is 2.35. The summed E-state index contributed by atoms with van der Waals surface area (Å²) in [6, 6.07) is 8.32. The number of fused-ring (bicyclic) bond motifs is 1. The van der Waals surface area contributed by atoms with E-state index in [-0.39, 0.29) is 30.2 Å². The Bertz CT molecular complexity index is 681. The van der Waals surface area contributed by atoms with Gasteiger partial charge in [0.2, 0.25) is 0 Å². The van der Waals surface area contributed by atoms with E-state index in [2.05, 4.69) is 4.98 Å². The number of aliphatic hydroxyl groups excluding tert-OH is 1. The van der Waals surface area contributed by atoms with E-state index < -0.39 is 0 Å². The molecular weight excluding hydrogens is 272 g/mol. The van der Waals surface area contributed by atoms with Crippen LogP contribution in [0, 0.1) is 0 Å². The molecule has 1 heterocycles. The first kappa shape index (κ1) is 15.2. The summed E-state index contributed by atoms with van der Waals surface area (Å²) in [5.74, 6) is -0.330. The molecule has 0 spiro atoms. The van der Waals surface area contributed by atoms with Gasteiger partial charge in [-0.25, -0.2) is 0 Å². The number of amides is 1. The number of aromatic nitrogens is 1. The monoisotopic (exact) mass is 290 g/mol. The van der Waals surface area contributed by atoms with E-state index in [1.165, 1.54) is 11.0 Å². The fourth-order valence-corrected chi connectivity index (χ4v) is 2.12. The number of hydrogen-bond acceptors (Lipinski definition) is 4. The molecule has 0 saturated carbocycles. The van der Waals surface area contributed by atoms with Crippen LogP contribution < -0.4 is 5.43 Å². The predicted molar refractivity (Wildman–Crippen MR) is 79.4 cm³/mol. The van der Waals surface area contributed by atoms with Crippen LogP contribution >= 0.6 is 0 Å². The van der Waals surface area contributed by atoms with Gasteiger partial charge in [0.1, 0.15) is 5.69 Å². The van der Waals surface area contributed by atoms with Gasteiger partial charge in [-0.15, -0.1) is 0 Å². The highest BCUT2D eigenvalue weighted by atomic mass is 16.5. The first-order valence-corrected chi connectivity index (χ1v) is 6.68. The van der Waals surface area contributed by atoms with Crippen molar-refractivity contribution in [1.82, 2.24) is 9.88 Å². The van der Waals surface area contributed by atoms with Crippen molar-refractivity contribution in [2.24, 2.45) is 0 Å². The van der Waals surface area contributed by atoms with Gasteiger partial charge in [-0.2, -0.15) is 0 Å². The zero-order chi connectivity index (χ0) is 15.2. The molecule has 21 heavy (non-hydrogen) atoms. The molecule has 0 saturated heterocycles. The normalized spacial score (nSPS) is 10.8. The molecule has 2 N–H and O–H groups in total. The highest BCUT2D eigenvalue weighted by Gasteiger charge is 2.17. The minimum atomic E-state index is -0.330. The first-order chi connectivity index (χ1) is 10.2. The maximum atomic E-state index is 12.4. The minimum absolute atomic E-state index is 0.146. The Kier molecular flexibility index (Phi) is 5.08. The maximum Gasteiger partial charge on any atom is 0.270 e. The third-order valence-corrected chi connectivity index (χ3v) is 3.19. The van der Waals surface area contributed by atoms with Crippen molar-refractivity contribution < 1.29 is 14.6 Å². The van der Waals surface area contributed by atoms with Gasteiger partial charge < -0.3 is 19.7 Å². The quantitative estimate of drug-likeness (QED) is 0.816. The van der Waals surface area contributed by atoms with Gasteiger partial charge in [0.05, 0.1) is 13.2 Å². The first-order valence-electron chi connectivity index (χ1n) is 6.68. The van der Waals surface area contributed by atoms with Crippen LogP contribution in [0.4, 0.5) is 0 Å². The number of aromatic amines is 1. The van der Waals surface area contributed by atoms with E-state index in [1.54, 1.807) is 31.4 Å². The lowest BCUT2D eigenvalue weighted by Gasteiger charge is -2.21. The standard InChI is InChI=1S/C15H18N2O4/c1-21-9-7-17(6-8-18)15(20)13-10-14(19)11-4-2-3-5-12(11)16-13/h2-5,10,18H,6-9H2,1H3,(H,16,19). The zero-order valence-corrected chi connectivity index (χ0v) is 11.8. The van der Waals surface area contributed by atoms with Crippen molar-refractivity contribution in [1.29, 1.82) is 0 Å². The second-order valence-electron chi connectivity index (χ2n) is 4.60. The molecule has 1 aromatic carbocycles. The van der Waals surface area contributed by atoms with Crippen LogP contribution in [-0.2, 0) is 4.74 Å². The lowest BCUT2D eigenvalue weighted by Crippen LogP contribution is -2.37. The van der Waals surface area contributed by atoms with E-state index in [1.807, 2.05) is 0 Å². The van der Waals surface area contributed by atoms with Gasteiger partial charge in [-0.05, 0) is 12.1 Å². The number of benzene rings is 1. The number of hydrogen-bond donors (Lipinski definition) is 2. The molecule has 0 aliphatic rings. The van der Waals surface area contributed by atoms with E-state index in [0.717, 1.165) is 0 Å². The number of pyridine rings is 1. The summed E-state index contributed by atoms with van der Waals surface area (Å²) in [6.45, 7) is 0.763. The van der Waals surface area contributed by atoms with Gasteiger partial charge in [-0.1, -0.05) is 12.1 Å². The molecule has 0 unspecified atom stereocenters. The zero-order valence-electron chi connectivity index (χ0n) is 11.8. The predicted octanol–water partition coefficient (Wildman–Crippen LogP) is 0.609. The van der Waals surface area contributed by atoms with Crippen LogP contribution in [-0.4, -0.2) is 54.3 Å². The summed E-state index contributed by atoms with van der Waals surface area (Å²) in [5.41, 5.74) is 0.621. The van der Waals surface area contributed by atoms with E-state index in [0.29, 0.717) is 24.1 Å². The van der Waals surface area contributed by atoms with Crippen molar-refractivity contribution in [2.75, 3.05) is 33.4 Å². The van der Waals surface area contributed by atoms with Crippen LogP contribution in [0.2, 0.25) is 0 Å².